The molecule has 4 nitrogen and oxygen atoms in total. The third-order valence-corrected chi connectivity index (χ3v) is 5.83. The lowest BCUT2D eigenvalue weighted by atomic mass is 10.00. The summed E-state index contributed by atoms with van der Waals surface area (Å²) in [5.41, 5.74) is 1.07. The maximum absolute atomic E-state index is 12.7. The van der Waals surface area contributed by atoms with Gasteiger partial charge in [0.25, 0.3) is 0 Å². The molecule has 0 spiro atoms. The first-order valence-corrected chi connectivity index (χ1v) is 8.75. The molecule has 2 rings (SSSR count). The molecule has 0 bridgehead atoms. The molecule has 0 aromatic heterocycles. The van der Waals surface area contributed by atoms with Gasteiger partial charge in [0.2, 0.25) is 10.0 Å². The van der Waals surface area contributed by atoms with Crippen LogP contribution in [0.5, 0.6) is 0 Å². The van der Waals surface area contributed by atoms with Gasteiger partial charge in [0, 0.05) is 13.1 Å². The molecule has 1 aromatic rings. The van der Waals surface area contributed by atoms with Gasteiger partial charge in [0.05, 0.1) is 4.90 Å². The highest BCUT2D eigenvalue weighted by Gasteiger charge is 2.26. The Balaban J connectivity index is 2.14. The van der Waals surface area contributed by atoms with Crippen LogP contribution in [0.25, 0.3) is 0 Å². The molecule has 1 N–H and O–H groups in total. The second kappa shape index (κ2) is 6.70. The third kappa shape index (κ3) is 3.59. The van der Waals surface area contributed by atoms with E-state index >= 15 is 0 Å². The fourth-order valence-corrected chi connectivity index (χ4v) is 4.15. The van der Waals surface area contributed by atoms with Crippen LogP contribution >= 0.6 is 0 Å². The largest absolute Gasteiger partial charge is 0.316 e. The Hall–Kier alpha value is -0.910. The van der Waals surface area contributed by atoms with E-state index in [2.05, 4.69) is 5.32 Å². The van der Waals surface area contributed by atoms with Crippen molar-refractivity contribution in [3.63, 3.8) is 0 Å². The van der Waals surface area contributed by atoms with Crippen LogP contribution in [0.15, 0.2) is 29.2 Å². The highest BCUT2D eigenvalue weighted by molar-refractivity contribution is 7.89. The monoisotopic (exact) mass is 296 g/mol. The average molecular weight is 296 g/mol. The molecule has 0 saturated carbocycles. The van der Waals surface area contributed by atoms with Gasteiger partial charge in [-0.2, -0.15) is 4.31 Å². The summed E-state index contributed by atoms with van der Waals surface area (Å²) in [6.07, 6.45) is 2.24. The van der Waals surface area contributed by atoms with Crippen molar-refractivity contribution in [2.75, 3.05) is 26.2 Å². The summed E-state index contributed by atoms with van der Waals surface area (Å²) in [7, 11) is -3.36. The lowest BCUT2D eigenvalue weighted by Gasteiger charge is -2.29. The van der Waals surface area contributed by atoms with Crippen molar-refractivity contribution < 1.29 is 8.42 Å². The Morgan fingerprint density at radius 2 is 2.00 bits per heavy atom. The zero-order valence-corrected chi connectivity index (χ0v) is 13.1. The Morgan fingerprint density at radius 3 is 2.55 bits per heavy atom. The van der Waals surface area contributed by atoms with Crippen LogP contribution in [0.1, 0.15) is 25.3 Å². The molecule has 5 heteroatoms. The van der Waals surface area contributed by atoms with Crippen LogP contribution in [0, 0.1) is 12.8 Å². The van der Waals surface area contributed by atoms with E-state index < -0.39 is 10.0 Å². The molecule has 112 valence electrons. The number of hydrogen-bond acceptors (Lipinski definition) is 3. The van der Waals surface area contributed by atoms with Crippen molar-refractivity contribution in [2.45, 2.75) is 31.6 Å². The number of sulfonamides is 1. The van der Waals surface area contributed by atoms with Gasteiger partial charge in [-0.1, -0.05) is 24.6 Å². The summed E-state index contributed by atoms with van der Waals surface area (Å²) in [4.78, 5) is 0.397. The highest BCUT2D eigenvalue weighted by Crippen LogP contribution is 2.20. The summed E-state index contributed by atoms with van der Waals surface area (Å²) in [5.74, 6) is 0.420. The molecule has 0 amide bonds. The number of benzene rings is 1. The van der Waals surface area contributed by atoms with Gasteiger partial charge in [-0.3, -0.25) is 0 Å². The Kier molecular flexibility index (Phi) is 5.18. The predicted molar refractivity (Wildman–Crippen MR) is 81.2 cm³/mol. The van der Waals surface area contributed by atoms with Crippen molar-refractivity contribution in [2.24, 2.45) is 5.92 Å². The maximum atomic E-state index is 12.7. The number of piperidine rings is 1. The lowest BCUT2D eigenvalue weighted by molar-refractivity contribution is 0.298. The minimum Gasteiger partial charge on any atom is -0.316 e. The molecule has 1 heterocycles. The van der Waals surface area contributed by atoms with E-state index in [1.165, 1.54) is 0 Å². The Labute approximate surface area is 122 Å². The van der Waals surface area contributed by atoms with Gasteiger partial charge >= 0.3 is 0 Å². The van der Waals surface area contributed by atoms with Crippen LogP contribution in [0.2, 0.25) is 0 Å². The molecule has 1 fully saturated rings. The van der Waals surface area contributed by atoms with Gasteiger partial charge in [-0.15, -0.1) is 0 Å². The number of nitrogens with zero attached hydrogens (tertiary/aromatic N) is 1. The zero-order valence-electron chi connectivity index (χ0n) is 12.3. The van der Waals surface area contributed by atoms with Crippen LogP contribution in [-0.4, -0.2) is 38.9 Å². The minimum atomic E-state index is -3.36. The summed E-state index contributed by atoms with van der Waals surface area (Å²) >= 11 is 0. The van der Waals surface area contributed by atoms with Crippen LogP contribution in [0.3, 0.4) is 0 Å². The second-order valence-corrected chi connectivity index (χ2v) is 7.42. The van der Waals surface area contributed by atoms with Crippen LogP contribution in [-0.2, 0) is 10.0 Å². The fraction of sp³-hybridized carbons (Fsp3) is 0.600. The molecule has 1 atom stereocenters. The first kappa shape index (κ1) is 15.5. The van der Waals surface area contributed by atoms with E-state index in [4.69, 9.17) is 0 Å². The Bertz CT molecular complexity index is 519. The summed E-state index contributed by atoms with van der Waals surface area (Å²) in [6.45, 7) is 6.96. The molecular formula is C15H24N2O2S. The Morgan fingerprint density at radius 1 is 1.30 bits per heavy atom. The second-order valence-electron chi connectivity index (χ2n) is 5.48. The molecule has 0 radical (unpaired) electrons. The van der Waals surface area contributed by atoms with Crippen molar-refractivity contribution in [3.05, 3.63) is 29.8 Å². The quantitative estimate of drug-likeness (QED) is 0.904. The van der Waals surface area contributed by atoms with Crippen molar-refractivity contribution >= 4 is 10.0 Å². The normalized spacial score (nSPS) is 20.2. The van der Waals surface area contributed by atoms with E-state index in [0.29, 0.717) is 23.9 Å². The third-order valence-electron chi connectivity index (χ3n) is 3.87. The van der Waals surface area contributed by atoms with E-state index in [0.717, 1.165) is 31.5 Å². The lowest BCUT2D eigenvalue weighted by Crippen LogP contribution is -2.40. The zero-order chi connectivity index (χ0) is 14.6. The molecule has 1 saturated heterocycles. The minimum absolute atomic E-state index is 0.397. The standard InChI is InChI=1S/C15H24N2O2S/c1-3-17(12-14-5-4-10-16-11-14)20(18,19)15-8-6-13(2)7-9-15/h6-9,14,16H,3-5,10-12H2,1-2H3. The molecular weight excluding hydrogens is 272 g/mol. The first-order chi connectivity index (χ1) is 9.54. The highest BCUT2D eigenvalue weighted by atomic mass is 32.2. The number of nitrogens with one attached hydrogen (secondary N) is 1. The molecule has 1 aliphatic rings. The smallest absolute Gasteiger partial charge is 0.243 e. The summed E-state index contributed by atoms with van der Waals surface area (Å²) in [6, 6.07) is 7.10. The average Bonchev–Trinajstić information content (AvgIpc) is 2.46. The van der Waals surface area contributed by atoms with E-state index in [9.17, 15) is 8.42 Å². The molecule has 0 aliphatic carbocycles. The summed E-state index contributed by atoms with van der Waals surface area (Å²) in [5, 5.41) is 3.34. The number of aryl methyl sites for hydroxylation is 1. The molecule has 1 aliphatic heterocycles. The molecule has 1 unspecified atom stereocenters. The van der Waals surface area contributed by atoms with E-state index in [1.807, 2.05) is 26.0 Å². The van der Waals surface area contributed by atoms with Gasteiger partial charge in [-0.05, 0) is 50.9 Å². The van der Waals surface area contributed by atoms with Crippen molar-refractivity contribution in [3.8, 4) is 0 Å². The van der Waals surface area contributed by atoms with Gasteiger partial charge in [0.15, 0.2) is 0 Å². The number of rotatable bonds is 5. The number of hydrogen-bond donors (Lipinski definition) is 1. The molecule has 20 heavy (non-hydrogen) atoms. The van der Waals surface area contributed by atoms with Crippen molar-refractivity contribution in [1.82, 2.24) is 9.62 Å². The van der Waals surface area contributed by atoms with Crippen LogP contribution < -0.4 is 5.32 Å². The molecule has 1 aromatic carbocycles. The topological polar surface area (TPSA) is 49.4 Å². The van der Waals surface area contributed by atoms with Gasteiger partial charge < -0.3 is 5.32 Å². The maximum Gasteiger partial charge on any atom is 0.243 e. The van der Waals surface area contributed by atoms with Gasteiger partial charge in [-0.25, -0.2) is 8.42 Å². The van der Waals surface area contributed by atoms with Crippen molar-refractivity contribution in [1.29, 1.82) is 0 Å². The van der Waals surface area contributed by atoms with E-state index in [1.54, 1.807) is 16.4 Å². The predicted octanol–water partition coefficient (Wildman–Crippen LogP) is 2.01. The van der Waals surface area contributed by atoms with E-state index in [-0.39, 0.29) is 0 Å². The SMILES string of the molecule is CCN(CC1CCCNC1)S(=O)(=O)c1ccc(C)cc1. The fourth-order valence-electron chi connectivity index (χ4n) is 2.62. The van der Waals surface area contributed by atoms with Gasteiger partial charge in [0.1, 0.15) is 0 Å². The summed E-state index contributed by atoms with van der Waals surface area (Å²) < 4.78 is 26.9. The van der Waals surface area contributed by atoms with Crippen LogP contribution in [0.4, 0.5) is 0 Å². The first-order valence-electron chi connectivity index (χ1n) is 7.31.